The highest BCUT2D eigenvalue weighted by molar-refractivity contribution is 6.38. The van der Waals surface area contributed by atoms with Crippen LogP contribution < -0.4 is 0 Å². The first-order valence-electron chi connectivity index (χ1n) is 11.2. The first-order chi connectivity index (χ1) is 15.4. The average molecular weight is 455 g/mol. The van der Waals surface area contributed by atoms with Crippen molar-refractivity contribution in [1.82, 2.24) is 9.88 Å². The minimum Gasteiger partial charge on any atom is -0.342 e. The van der Waals surface area contributed by atoms with Crippen molar-refractivity contribution >= 4 is 28.4 Å². The van der Waals surface area contributed by atoms with E-state index in [1.807, 2.05) is 30.5 Å². The third-order valence-electron chi connectivity index (χ3n) is 6.86. The van der Waals surface area contributed by atoms with Crippen LogP contribution in [0.3, 0.4) is 0 Å². The van der Waals surface area contributed by atoms with Gasteiger partial charge in [0.2, 0.25) is 11.8 Å². The third-order valence-corrected chi connectivity index (χ3v) is 7.27. The summed E-state index contributed by atoms with van der Waals surface area (Å²) in [5.74, 6) is -2.71. The molecule has 1 saturated carbocycles. The van der Waals surface area contributed by atoms with Gasteiger partial charge in [-0.3, -0.25) is 9.78 Å². The van der Waals surface area contributed by atoms with Crippen LogP contribution in [0.4, 0.5) is 8.78 Å². The van der Waals surface area contributed by atoms with Crippen LogP contribution in [0.5, 0.6) is 0 Å². The molecule has 2 heterocycles. The van der Waals surface area contributed by atoms with E-state index in [-0.39, 0.29) is 18.7 Å². The lowest BCUT2D eigenvalue weighted by Crippen LogP contribution is -2.49. The van der Waals surface area contributed by atoms with Gasteiger partial charge in [0.15, 0.2) is 0 Å². The van der Waals surface area contributed by atoms with E-state index >= 15 is 0 Å². The zero-order valence-corrected chi connectivity index (χ0v) is 18.5. The van der Waals surface area contributed by atoms with Gasteiger partial charge in [-0.2, -0.15) is 0 Å². The second kappa shape index (κ2) is 8.43. The molecule has 5 rings (SSSR count). The molecule has 0 atom stereocenters. The molecule has 2 aromatic carbocycles. The molecule has 1 aliphatic carbocycles. The van der Waals surface area contributed by atoms with Crippen molar-refractivity contribution in [2.45, 2.75) is 38.0 Å². The fourth-order valence-corrected chi connectivity index (χ4v) is 5.23. The second-order valence-corrected chi connectivity index (χ2v) is 9.51. The van der Waals surface area contributed by atoms with Gasteiger partial charge in [-0.15, -0.1) is 0 Å². The van der Waals surface area contributed by atoms with E-state index in [2.05, 4.69) is 29.2 Å². The molecule has 3 aromatic rings. The number of hydrogen-bond donors (Lipinski definition) is 0. The number of fused-ring (bicyclic) bond motifs is 1. The lowest BCUT2D eigenvalue weighted by Gasteiger charge is -2.39. The number of hydrogen-bond acceptors (Lipinski definition) is 2. The van der Waals surface area contributed by atoms with Crippen LogP contribution >= 0.6 is 11.6 Å². The van der Waals surface area contributed by atoms with Crippen molar-refractivity contribution in [3.63, 3.8) is 0 Å². The molecule has 166 valence electrons. The topological polar surface area (TPSA) is 33.2 Å². The van der Waals surface area contributed by atoms with Gasteiger partial charge in [-0.05, 0) is 42.4 Å². The maximum Gasteiger partial charge on any atom is 0.249 e. The minimum atomic E-state index is -2.64. The SMILES string of the molecule is O=C(C1CC(F)(F)C1)N1CCC(Cc2ccc(-c3cnc4ccccc4c3Cl)cc2)CC1. The molecule has 3 nitrogen and oxygen atoms in total. The first kappa shape index (κ1) is 21.3. The van der Waals surface area contributed by atoms with Crippen LogP contribution in [-0.2, 0) is 11.2 Å². The summed E-state index contributed by atoms with van der Waals surface area (Å²) in [5.41, 5.74) is 4.09. The molecular weight excluding hydrogens is 430 g/mol. The minimum absolute atomic E-state index is 0.0837. The van der Waals surface area contributed by atoms with Gasteiger partial charge in [-0.25, -0.2) is 8.78 Å². The number of para-hydroxylation sites is 1. The summed E-state index contributed by atoms with van der Waals surface area (Å²) >= 11 is 6.65. The number of carbonyl (C=O) groups is 1. The number of aromatic nitrogens is 1. The first-order valence-corrected chi connectivity index (χ1v) is 11.6. The predicted octanol–water partition coefficient (Wildman–Crippen LogP) is 6.38. The number of nitrogens with zero attached hydrogens (tertiary/aromatic N) is 2. The van der Waals surface area contributed by atoms with E-state index in [1.54, 1.807) is 4.90 Å². The largest absolute Gasteiger partial charge is 0.342 e. The van der Waals surface area contributed by atoms with Crippen LogP contribution in [0, 0.1) is 11.8 Å². The number of pyridine rings is 1. The van der Waals surface area contributed by atoms with Gasteiger partial charge < -0.3 is 4.90 Å². The van der Waals surface area contributed by atoms with Gasteiger partial charge in [0.25, 0.3) is 0 Å². The number of likely N-dealkylation sites (tertiary alicyclic amines) is 1. The number of rotatable bonds is 4. The molecule has 32 heavy (non-hydrogen) atoms. The van der Waals surface area contributed by atoms with Crippen LogP contribution in [-0.4, -0.2) is 34.8 Å². The van der Waals surface area contributed by atoms with Gasteiger partial charge in [0.1, 0.15) is 0 Å². The number of carbonyl (C=O) groups excluding carboxylic acids is 1. The lowest BCUT2D eigenvalue weighted by molar-refractivity contribution is -0.161. The zero-order valence-electron chi connectivity index (χ0n) is 17.7. The van der Waals surface area contributed by atoms with E-state index in [4.69, 9.17) is 11.6 Å². The summed E-state index contributed by atoms with van der Waals surface area (Å²) in [5, 5.41) is 1.66. The quantitative estimate of drug-likeness (QED) is 0.458. The van der Waals surface area contributed by atoms with E-state index in [0.717, 1.165) is 41.3 Å². The van der Waals surface area contributed by atoms with E-state index < -0.39 is 11.8 Å². The Hall–Kier alpha value is -2.53. The highest BCUT2D eigenvalue weighted by Crippen LogP contribution is 2.43. The highest BCUT2D eigenvalue weighted by atomic mass is 35.5. The standard InChI is InChI=1S/C26H25ClF2N2O/c27-24-21-3-1-2-4-23(21)30-16-22(24)19-7-5-17(6-8-19)13-18-9-11-31(12-10-18)25(32)20-14-26(28,29)15-20/h1-8,16,18,20H,9-15H2. The molecular formula is C26H25ClF2N2O. The van der Waals surface area contributed by atoms with E-state index in [9.17, 15) is 13.6 Å². The molecule has 0 N–H and O–H groups in total. The summed E-state index contributed by atoms with van der Waals surface area (Å²) in [6.45, 7) is 1.34. The number of benzene rings is 2. The number of piperidine rings is 1. The Balaban J connectivity index is 1.19. The Morgan fingerprint density at radius 3 is 2.44 bits per heavy atom. The Bertz CT molecular complexity index is 1130. The maximum absolute atomic E-state index is 13.1. The summed E-state index contributed by atoms with van der Waals surface area (Å²) in [4.78, 5) is 18.7. The van der Waals surface area contributed by atoms with Crippen LogP contribution in [0.15, 0.2) is 54.7 Å². The number of amides is 1. The number of alkyl halides is 2. The van der Waals surface area contributed by atoms with Crippen LogP contribution in [0.2, 0.25) is 5.02 Å². The molecule has 1 saturated heterocycles. The molecule has 2 aliphatic rings. The van der Waals surface area contributed by atoms with Crippen molar-refractivity contribution in [3.05, 3.63) is 65.3 Å². The van der Waals surface area contributed by atoms with Crippen molar-refractivity contribution in [2.75, 3.05) is 13.1 Å². The summed E-state index contributed by atoms with van der Waals surface area (Å²) < 4.78 is 26.1. The predicted molar refractivity (Wildman–Crippen MR) is 123 cm³/mol. The second-order valence-electron chi connectivity index (χ2n) is 9.13. The normalized spacial score (nSPS) is 19.2. The molecule has 6 heteroatoms. The summed E-state index contributed by atoms with van der Waals surface area (Å²) in [6, 6.07) is 16.3. The van der Waals surface area contributed by atoms with Gasteiger partial charge >= 0.3 is 0 Å². The summed E-state index contributed by atoms with van der Waals surface area (Å²) in [7, 11) is 0. The molecule has 0 radical (unpaired) electrons. The molecule has 1 aliphatic heterocycles. The Morgan fingerprint density at radius 1 is 1.06 bits per heavy atom. The average Bonchev–Trinajstić information content (AvgIpc) is 2.79. The van der Waals surface area contributed by atoms with Crippen molar-refractivity contribution in [2.24, 2.45) is 11.8 Å². The summed E-state index contributed by atoms with van der Waals surface area (Å²) in [6.07, 6.45) is 4.04. The van der Waals surface area contributed by atoms with Crippen molar-refractivity contribution in [1.29, 1.82) is 0 Å². The highest BCUT2D eigenvalue weighted by Gasteiger charge is 2.49. The van der Waals surface area contributed by atoms with Crippen LogP contribution in [0.25, 0.3) is 22.0 Å². The Morgan fingerprint density at radius 2 is 1.75 bits per heavy atom. The molecule has 1 aromatic heterocycles. The molecule has 1 amide bonds. The van der Waals surface area contributed by atoms with Gasteiger partial charge in [-0.1, -0.05) is 54.1 Å². The third kappa shape index (κ3) is 4.23. The Kier molecular flexibility index (Phi) is 5.62. The van der Waals surface area contributed by atoms with Crippen molar-refractivity contribution < 1.29 is 13.6 Å². The Labute approximate surface area is 191 Å². The fourth-order valence-electron chi connectivity index (χ4n) is 4.91. The fraction of sp³-hybridized carbons (Fsp3) is 0.385. The molecule has 0 spiro atoms. The zero-order chi connectivity index (χ0) is 22.3. The monoisotopic (exact) mass is 454 g/mol. The molecule has 2 fully saturated rings. The molecule has 0 bridgehead atoms. The molecule has 0 unspecified atom stereocenters. The van der Waals surface area contributed by atoms with E-state index in [1.165, 1.54) is 5.56 Å². The smallest absolute Gasteiger partial charge is 0.249 e. The lowest BCUT2D eigenvalue weighted by atomic mass is 9.79. The number of halogens is 3. The van der Waals surface area contributed by atoms with Crippen LogP contribution in [0.1, 0.15) is 31.2 Å². The van der Waals surface area contributed by atoms with Crippen molar-refractivity contribution in [3.8, 4) is 11.1 Å². The maximum atomic E-state index is 13.1. The van der Waals surface area contributed by atoms with Gasteiger partial charge in [0, 0.05) is 49.0 Å². The van der Waals surface area contributed by atoms with E-state index in [0.29, 0.717) is 24.0 Å². The van der Waals surface area contributed by atoms with Gasteiger partial charge in [0.05, 0.1) is 10.5 Å².